The molecule has 0 atom stereocenters. The number of nitrogens with two attached hydrogens (primary N) is 1. The quantitative estimate of drug-likeness (QED) is 0.755. The standard InChI is InChI=1S/C10H11NO3/c1-12-9-5-7(6-14-11)4-8-2-3-13-10(8)9/h2-5H,6,11H2,1H3. The number of benzene rings is 1. The number of hydrogen-bond acceptors (Lipinski definition) is 4. The number of ether oxygens (including phenoxy) is 1. The van der Waals surface area contributed by atoms with E-state index in [1.54, 1.807) is 13.4 Å². The van der Waals surface area contributed by atoms with E-state index >= 15 is 0 Å². The van der Waals surface area contributed by atoms with Crippen molar-refractivity contribution in [1.29, 1.82) is 0 Å². The molecular formula is C10H11NO3. The van der Waals surface area contributed by atoms with Gasteiger partial charge in [0.05, 0.1) is 20.0 Å². The summed E-state index contributed by atoms with van der Waals surface area (Å²) in [5.74, 6) is 5.70. The molecule has 1 aromatic heterocycles. The maximum Gasteiger partial charge on any atom is 0.175 e. The van der Waals surface area contributed by atoms with Gasteiger partial charge >= 0.3 is 0 Å². The van der Waals surface area contributed by atoms with Gasteiger partial charge in [-0.3, -0.25) is 4.84 Å². The lowest BCUT2D eigenvalue weighted by Gasteiger charge is -2.04. The van der Waals surface area contributed by atoms with Gasteiger partial charge in [-0.1, -0.05) is 0 Å². The van der Waals surface area contributed by atoms with Crippen molar-refractivity contribution in [3.05, 3.63) is 30.0 Å². The van der Waals surface area contributed by atoms with Gasteiger partial charge < -0.3 is 9.15 Å². The highest BCUT2D eigenvalue weighted by Crippen LogP contribution is 2.28. The van der Waals surface area contributed by atoms with E-state index < -0.39 is 0 Å². The minimum Gasteiger partial charge on any atom is -0.493 e. The van der Waals surface area contributed by atoms with Gasteiger partial charge in [0.15, 0.2) is 11.3 Å². The molecule has 0 unspecified atom stereocenters. The van der Waals surface area contributed by atoms with Crippen LogP contribution in [0.25, 0.3) is 11.0 Å². The van der Waals surface area contributed by atoms with Gasteiger partial charge in [-0.05, 0) is 23.8 Å². The van der Waals surface area contributed by atoms with Gasteiger partial charge in [-0.2, -0.15) is 0 Å². The summed E-state index contributed by atoms with van der Waals surface area (Å²) in [5.41, 5.74) is 1.70. The summed E-state index contributed by atoms with van der Waals surface area (Å²) in [4.78, 5) is 4.57. The van der Waals surface area contributed by atoms with Crippen molar-refractivity contribution < 1.29 is 14.0 Å². The highest BCUT2D eigenvalue weighted by atomic mass is 16.6. The van der Waals surface area contributed by atoms with Crippen molar-refractivity contribution in [1.82, 2.24) is 0 Å². The zero-order chi connectivity index (χ0) is 9.97. The molecule has 0 spiro atoms. The molecule has 14 heavy (non-hydrogen) atoms. The van der Waals surface area contributed by atoms with E-state index in [1.165, 1.54) is 0 Å². The van der Waals surface area contributed by atoms with Crippen LogP contribution in [-0.2, 0) is 11.4 Å². The number of hydrogen-bond donors (Lipinski definition) is 1. The Labute approximate surface area is 81.2 Å². The second kappa shape index (κ2) is 3.69. The van der Waals surface area contributed by atoms with Crippen molar-refractivity contribution in [2.75, 3.05) is 7.11 Å². The molecule has 0 saturated carbocycles. The van der Waals surface area contributed by atoms with Crippen LogP contribution in [0.1, 0.15) is 5.56 Å². The largest absolute Gasteiger partial charge is 0.493 e. The molecular weight excluding hydrogens is 182 g/mol. The second-order valence-corrected chi connectivity index (χ2v) is 2.95. The molecule has 0 amide bonds. The van der Waals surface area contributed by atoms with Crippen LogP contribution in [0.4, 0.5) is 0 Å². The highest BCUT2D eigenvalue weighted by Gasteiger charge is 2.06. The summed E-state index contributed by atoms with van der Waals surface area (Å²) in [6.07, 6.45) is 1.63. The molecule has 74 valence electrons. The summed E-state index contributed by atoms with van der Waals surface area (Å²) in [6, 6.07) is 5.67. The Balaban J connectivity index is 2.55. The van der Waals surface area contributed by atoms with Gasteiger partial charge in [-0.15, -0.1) is 0 Å². The van der Waals surface area contributed by atoms with Crippen molar-refractivity contribution in [3.8, 4) is 5.75 Å². The highest BCUT2D eigenvalue weighted by molar-refractivity contribution is 5.83. The predicted molar refractivity (Wildman–Crippen MR) is 51.7 cm³/mol. The smallest absolute Gasteiger partial charge is 0.175 e. The average Bonchev–Trinajstić information content (AvgIpc) is 2.65. The lowest BCUT2D eigenvalue weighted by molar-refractivity contribution is 0.124. The molecule has 2 aromatic rings. The summed E-state index contributed by atoms with van der Waals surface area (Å²) < 4.78 is 10.5. The first kappa shape index (κ1) is 9.05. The average molecular weight is 193 g/mol. The van der Waals surface area contributed by atoms with Gasteiger partial charge in [0, 0.05) is 5.39 Å². The minimum absolute atomic E-state index is 0.359. The Morgan fingerprint density at radius 2 is 2.29 bits per heavy atom. The molecule has 4 nitrogen and oxygen atoms in total. The zero-order valence-electron chi connectivity index (χ0n) is 7.82. The second-order valence-electron chi connectivity index (χ2n) is 2.95. The molecule has 1 aromatic carbocycles. The molecule has 0 aliphatic rings. The third-order valence-electron chi connectivity index (χ3n) is 2.05. The Hall–Kier alpha value is -1.52. The first-order valence-corrected chi connectivity index (χ1v) is 4.21. The third-order valence-corrected chi connectivity index (χ3v) is 2.05. The summed E-state index contributed by atoms with van der Waals surface area (Å²) >= 11 is 0. The molecule has 0 aliphatic carbocycles. The number of furan rings is 1. The third kappa shape index (κ3) is 1.45. The van der Waals surface area contributed by atoms with Gasteiger partial charge in [0.2, 0.25) is 0 Å². The van der Waals surface area contributed by atoms with Crippen LogP contribution < -0.4 is 10.6 Å². The lowest BCUT2D eigenvalue weighted by atomic mass is 10.1. The van der Waals surface area contributed by atoms with E-state index in [0.29, 0.717) is 12.4 Å². The molecule has 2 rings (SSSR count). The maximum absolute atomic E-state index is 5.28. The van der Waals surface area contributed by atoms with Crippen molar-refractivity contribution in [3.63, 3.8) is 0 Å². The van der Waals surface area contributed by atoms with Crippen molar-refractivity contribution in [2.24, 2.45) is 5.90 Å². The number of fused-ring (bicyclic) bond motifs is 1. The van der Waals surface area contributed by atoms with Crippen LogP contribution in [0.3, 0.4) is 0 Å². The van der Waals surface area contributed by atoms with Gasteiger partial charge in [-0.25, -0.2) is 5.90 Å². The minimum atomic E-state index is 0.359. The zero-order valence-corrected chi connectivity index (χ0v) is 7.82. The van der Waals surface area contributed by atoms with Crippen LogP contribution in [-0.4, -0.2) is 7.11 Å². The van der Waals surface area contributed by atoms with Crippen LogP contribution in [0.2, 0.25) is 0 Å². The monoisotopic (exact) mass is 193 g/mol. The van der Waals surface area contributed by atoms with Gasteiger partial charge in [0.1, 0.15) is 0 Å². The van der Waals surface area contributed by atoms with E-state index in [-0.39, 0.29) is 0 Å². The Bertz CT molecular complexity index is 436. The first-order chi connectivity index (χ1) is 6.85. The van der Waals surface area contributed by atoms with Crippen molar-refractivity contribution >= 4 is 11.0 Å². The Morgan fingerprint density at radius 3 is 3.00 bits per heavy atom. The summed E-state index contributed by atoms with van der Waals surface area (Å²) in [7, 11) is 1.60. The first-order valence-electron chi connectivity index (χ1n) is 4.21. The topological polar surface area (TPSA) is 57.6 Å². The van der Waals surface area contributed by atoms with E-state index in [4.69, 9.17) is 15.1 Å². The number of rotatable bonds is 3. The fraction of sp³-hybridized carbons (Fsp3) is 0.200. The molecule has 0 bridgehead atoms. The fourth-order valence-electron chi connectivity index (χ4n) is 1.44. The van der Waals surface area contributed by atoms with Crippen LogP contribution in [0.15, 0.2) is 28.9 Å². The Kier molecular flexibility index (Phi) is 2.39. The maximum atomic E-state index is 5.28. The van der Waals surface area contributed by atoms with Crippen LogP contribution in [0.5, 0.6) is 5.75 Å². The molecule has 2 N–H and O–H groups in total. The van der Waals surface area contributed by atoms with E-state index in [9.17, 15) is 0 Å². The summed E-state index contributed by atoms with van der Waals surface area (Å²) in [6.45, 7) is 0.359. The van der Waals surface area contributed by atoms with Crippen LogP contribution >= 0.6 is 0 Å². The normalized spacial score (nSPS) is 10.7. The predicted octanol–water partition coefficient (Wildman–Crippen LogP) is 1.83. The van der Waals surface area contributed by atoms with E-state index in [1.807, 2.05) is 18.2 Å². The lowest BCUT2D eigenvalue weighted by Crippen LogP contribution is -1.99. The van der Waals surface area contributed by atoms with Gasteiger partial charge in [0.25, 0.3) is 0 Å². The summed E-state index contributed by atoms with van der Waals surface area (Å²) in [5, 5.41) is 0.983. The Morgan fingerprint density at radius 1 is 1.43 bits per heavy atom. The van der Waals surface area contributed by atoms with Crippen LogP contribution in [0, 0.1) is 0 Å². The van der Waals surface area contributed by atoms with E-state index in [2.05, 4.69) is 4.84 Å². The van der Waals surface area contributed by atoms with E-state index in [0.717, 1.165) is 16.5 Å². The van der Waals surface area contributed by atoms with Crippen molar-refractivity contribution in [2.45, 2.75) is 6.61 Å². The molecule has 0 fully saturated rings. The fourth-order valence-corrected chi connectivity index (χ4v) is 1.44. The molecule has 0 saturated heterocycles. The molecule has 4 heteroatoms. The molecule has 0 aliphatic heterocycles. The molecule has 1 heterocycles. The SMILES string of the molecule is COc1cc(CON)cc2ccoc12. The number of methoxy groups -OCH3 is 1. The molecule has 0 radical (unpaired) electrons.